The predicted molar refractivity (Wildman–Crippen MR) is 137 cm³/mol. The van der Waals surface area contributed by atoms with Crippen molar-refractivity contribution in [3.05, 3.63) is 48.0 Å². The Morgan fingerprint density at radius 3 is 2.42 bits per heavy atom. The Kier molecular flexibility index (Phi) is 8.48. The Labute approximate surface area is 202 Å². The third-order valence-corrected chi connectivity index (χ3v) is 8.34. The van der Waals surface area contributed by atoms with Gasteiger partial charge in [-0.15, -0.1) is 11.8 Å². The van der Waals surface area contributed by atoms with Gasteiger partial charge in [-0.25, -0.2) is 13.1 Å². The van der Waals surface area contributed by atoms with Crippen LogP contribution < -0.4 is 14.9 Å². The van der Waals surface area contributed by atoms with Gasteiger partial charge in [0, 0.05) is 35.6 Å². The molecular weight excluding hydrogens is 454 g/mol. The molecule has 6 nitrogen and oxygen atoms in total. The molecule has 2 N–H and O–H groups in total. The number of amides is 1. The Hall–Kier alpha value is -2.03. The highest BCUT2D eigenvalue weighted by molar-refractivity contribution is 7.98. The van der Waals surface area contributed by atoms with Gasteiger partial charge in [0.05, 0.1) is 10.6 Å². The van der Waals surface area contributed by atoms with Crippen molar-refractivity contribution in [3.63, 3.8) is 0 Å². The molecule has 0 radical (unpaired) electrons. The fraction of sp³-hybridized carbons (Fsp3) is 0.480. The molecule has 0 aliphatic carbocycles. The van der Waals surface area contributed by atoms with Crippen LogP contribution in [0.5, 0.6) is 0 Å². The molecule has 0 aromatic heterocycles. The molecule has 3 rings (SSSR count). The molecule has 1 amide bonds. The number of thioether (sulfide) groups is 1. The van der Waals surface area contributed by atoms with Crippen LogP contribution in [0, 0.1) is 11.8 Å². The van der Waals surface area contributed by atoms with Crippen LogP contribution in [0.2, 0.25) is 0 Å². The number of piperidine rings is 1. The van der Waals surface area contributed by atoms with Crippen LogP contribution in [-0.2, 0) is 14.8 Å². The van der Waals surface area contributed by atoms with Gasteiger partial charge in [-0.1, -0.05) is 32.9 Å². The first kappa shape index (κ1) is 25.6. The molecule has 1 fully saturated rings. The number of rotatable bonds is 8. The van der Waals surface area contributed by atoms with E-state index < -0.39 is 16.1 Å². The van der Waals surface area contributed by atoms with E-state index in [0.717, 1.165) is 23.5 Å². The fourth-order valence-electron chi connectivity index (χ4n) is 4.00. The largest absolute Gasteiger partial charge is 0.371 e. The maximum Gasteiger partial charge on any atom is 0.241 e. The highest BCUT2D eigenvalue weighted by Crippen LogP contribution is 2.30. The molecule has 180 valence electrons. The third kappa shape index (κ3) is 6.52. The normalized spacial score (nSPS) is 17.8. The summed E-state index contributed by atoms with van der Waals surface area (Å²) < 4.78 is 29.0. The van der Waals surface area contributed by atoms with Crippen molar-refractivity contribution < 1.29 is 13.2 Å². The van der Waals surface area contributed by atoms with E-state index in [0.29, 0.717) is 11.6 Å². The number of benzene rings is 2. The van der Waals surface area contributed by atoms with Crippen LogP contribution in [0.15, 0.2) is 52.3 Å². The van der Waals surface area contributed by atoms with Crippen molar-refractivity contribution in [2.24, 2.45) is 11.8 Å². The molecule has 8 heteroatoms. The topological polar surface area (TPSA) is 78.5 Å². The van der Waals surface area contributed by atoms with Gasteiger partial charge in [0.25, 0.3) is 0 Å². The SMILES string of the molecule is CSc1ccc(S(=O)(=O)N[C@H](C)c2ccc(N3CCC[C@@H](C)C3)cc2)cc1NC(=O)C(C)C. The Bertz CT molecular complexity index is 1070. The van der Waals surface area contributed by atoms with Gasteiger partial charge in [0.2, 0.25) is 15.9 Å². The highest BCUT2D eigenvalue weighted by Gasteiger charge is 2.22. The van der Waals surface area contributed by atoms with Crippen molar-refractivity contribution in [2.75, 3.05) is 29.6 Å². The lowest BCUT2D eigenvalue weighted by atomic mass is 9.99. The average Bonchev–Trinajstić information content (AvgIpc) is 2.78. The number of hydrogen-bond donors (Lipinski definition) is 2. The molecule has 1 saturated heterocycles. The summed E-state index contributed by atoms with van der Waals surface area (Å²) in [5.74, 6) is 0.343. The molecule has 2 aromatic rings. The standard InChI is InChI=1S/C25H35N3O3S2/c1-17(2)25(29)26-23-15-22(12-13-24(23)32-5)33(30,31)27-19(4)20-8-10-21(11-9-20)28-14-6-7-18(3)16-28/h8-13,15,17-19,27H,6-7,14,16H2,1-5H3,(H,26,29)/t18-,19-/m1/s1. The minimum absolute atomic E-state index is 0.130. The van der Waals surface area contributed by atoms with Crippen LogP contribution in [0.4, 0.5) is 11.4 Å². The summed E-state index contributed by atoms with van der Waals surface area (Å²) in [6, 6.07) is 12.6. The molecule has 2 aromatic carbocycles. The van der Waals surface area contributed by atoms with E-state index in [1.807, 2.05) is 25.3 Å². The van der Waals surface area contributed by atoms with Crippen molar-refractivity contribution in [3.8, 4) is 0 Å². The zero-order valence-corrected chi connectivity index (χ0v) is 21.7. The summed E-state index contributed by atoms with van der Waals surface area (Å²) in [6.07, 6.45) is 4.37. The van der Waals surface area contributed by atoms with E-state index in [-0.39, 0.29) is 16.7 Å². The number of nitrogens with one attached hydrogen (secondary N) is 2. The summed E-state index contributed by atoms with van der Waals surface area (Å²) in [5, 5.41) is 2.84. The number of sulfonamides is 1. The van der Waals surface area contributed by atoms with Crippen LogP contribution >= 0.6 is 11.8 Å². The summed E-state index contributed by atoms with van der Waals surface area (Å²) in [7, 11) is -3.77. The first-order valence-electron chi connectivity index (χ1n) is 11.5. The Balaban J connectivity index is 1.75. The smallest absolute Gasteiger partial charge is 0.241 e. The second kappa shape index (κ2) is 10.9. The number of nitrogens with zero attached hydrogens (tertiary/aromatic N) is 1. The van der Waals surface area contributed by atoms with Gasteiger partial charge in [0.15, 0.2) is 0 Å². The zero-order valence-electron chi connectivity index (χ0n) is 20.1. The second-order valence-electron chi connectivity index (χ2n) is 9.13. The van der Waals surface area contributed by atoms with E-state index in [4.69, 9.17) is 0 Å². The van der Waals surface area contributed by atoms with Crippen LogP contribution in [0.3, 0.4) is 0 Å². The molecule has 0 saturated carbocycles. The van der Waals surface area contributed by atoms with Crippen molar-refractivity contribution in [2.45, 2.75) is 56.4 Å². The molecule has 0 bridgehead atoms. The number of carbonyl (C=O) groups excluding carboxylic acids is 1. The highest BCUT2D eigenvalue weighted by atomic mass is 32.2. The minimum atomic E-state index is -3.77. The van der Waals surface area contributed by atoms with E-state index in [9.17, 15) is 13.2 Å². The van der Waals surface area contributed by atoms with Crippen LogP contribution in [0.25, 0.3) is 0 Å². The lowest BCUT2D eigenvalue weighted by Crippen LogP contribution is -2.34. The fourth-order valence-corrected chi connectivity index (χ4v) is 5.79. The maximum absolute atomic E-state index is 13.1. The molecule has 1 aliphatic rings. The average molecular weight is 490 g/mol. The molecule has 0 unspecified atom stereocenters. The second-order valence-corrected chi connectivity index (χ2v) is 11.7. The zero-order chi connectivity index (χ0) is 24.2. The van der Waals surface area contributed by atoms with E-state index in [2.05, 4.69) is 34.0 Å². The maximum atomic E-state index is 13.1. The monoisotopic (exact) mass is 489 g/mol. The quantitative estimate of drug-likeness (QED) is 0.493. The molecule has 2 atom stereocenters. The lowest BCUT2D eigenvalue weighted by Gasteiger charge is -2.33. The minimum Gasteiger partial charge on any atom is -0.371 e. The first-order chi connectivity index (χ1) is 15.6. The first-order valence-corrected chi connectivity index (χ1v) is 14.2. The Morgan fingerprint density at radius 2 is 1.82 bits per heavy atom. The van der Waals surface area contributed by atoms with Gasteiger partial charge >= 0.3 is 0 Å². The van der Waals surface area contributed by atoms with Gasteiger partial charge in [0.1, 0.15) is 0 Å². The van der Waals surface area contributed by atoms with Gasteiger partial charge in [-0.2, -0.15) is 0 Å². The molecule has 33 heavy (non-hydrogen) atoms. The van der Waals surface area contributed by atoms with Crippen molar-refractivity contribution in [1.29, 1.82) is 0 Å². The predicted octanol–water partition coefficient (Wildman–Crippen LogP) is 5.28. The van der Waals surface area contributed by atoms with E-state index in [1.165, 1.54) is 36.4 Å². The Morgan fingerprint density at radius 1 is 1.12 bits per heavy atom. The molecular formula is C25H35N3O3S2. The number of carbonyl (C=O) groups is 1. The van der Waals surface area contributed by atoms with Gasteiger partial charge < -0.3 is 10.2 Å². The van der Waals surface area contributed by atoms with Crippen molar-refractivity contribution >= 4 is 39.1 Å². The van der Waals surface area contributed by atoms with Crippen LogP contribution in [-0.4, -0.2) is 33.7 Å². The lowest BCUT2D eigenvalue weighted by molar-refractivity contribution is -0.118. The van der Waals surface area contributed by atoms with E-state index >= 15 is 0 Å². The number of hydrogen-bond acceptors (Lipinski definition) is 5. The molecule has 1 aliphatic heterocycles. The van der Waals surface area contributed by atoms with Gasteiger partial charge in [-0.3, -0.25) is 4.79 Å². The van der Waals surface area contributed by atoms with Crippen LogP contribution in [0.1, 0.15) is 52.1 Å². The summed E-state index contributed by atoms with van der Waals surface area (Å²) in [5.41, 5.74) is 2.59. The number of anilines is 2. The summed E-state index contributed by atoms with van der Waals surface area (Å²) >= 11 is 1.46. The van der Waals surface area contributed by atoms with E-state index in [1.54, 1.807) is 26.0 Å². The molecule has 0 spiro atoms. The van der Waals surface area contributed by atoms with Crippen molar-refractivity contribution in [1.82, 2.24) is 4.72 Å². The third-order valence-electron chi connectivity index (χ3n) is 6.01. The molecule has 1 heterocycles. The summed E-state index contributed by atoms with van der Waals surface area (Å²) in [4.78, 5) is 15.5. The van der Waals surface area contributed by atoms with Gasteiger partial charge in [-0.05, 0) is 67.8 Å². The summed E-state index contributed by atoms with van der Waals surface area (Å²) in [6.45, 7) is 9.84.